The third-order valence-corrected chi connectivity index (χ3v) is 3.32. The van der Waals surface area contributed by atoms with Gasteiger partial charge in [-0.15, -0.1) is 0 Å². The minimum absolute atomic E-state index is 0.00685. The second-order valence-electron chi connectivity index (χ2n) is 5.78. The van der Waals surface area contributed by atoms with Crippen LogP contribution < -0.4 is 5.32 Å². The number of ketones is 1. The maximum absolute atomic E-state index is 12.1. The van der Waals surface area contributed by atoms with Gasteiger partial charge in [0.2, 0.25) is 5.91 Å². The Morgan fingerprint density at radius 3 is 2.22 bits per heavy atom. The maximum atomic E-state index is 12.1. The van der Waals surface area contributed by atoms with Crippen LogP contribution in [0.3, 0.4) is 0 Å². The van der Waals surface area contributed by atoms with Crippen LogP contribution >= 0.6 is 0 Å². The number of amides is 1. The highest BCUT2D eigenvalue weighted by molar-refractivity contribution is 6.43. The number of hydrogen-bond donors (Lipinski definition) is 3. The first-order valence-corrected chi connectivity index (χ1v) is 6.43. The van der Waals surface area contributed by atoms with Crippen LogP contribution in [0.15, 0.2) is 0 Å². The average Bonchev–Trinajstić information content (AvgIpc) is 2.95. The van der Waals surface area contributed by atoms with Gasteiger partial charge >= 0.3 is 7.12 Å². The van der Waals surface area contributed by atoms with Gasteiger partial charge in [-0.05, 0) is 32.1 Å². The van der Waals surface area contributed by atoms with Crippen LogP contribution in [0.5, 0.6) is 0 Å². The molecule has 3 N–H and O–H groups in total. The lowest BCUT2D eigenvalue weighted by atomic mass is 9.74. The monoisotopic (exact) mass is 255 g/mol. The molecule has 1 amide bonds. The zero-order valence-electron chi connectivity index (χ0n) is 11.3. The van der Waals surface area contributed by atoms with E-state index in [1.54, 1.807) is 0 Å². The lowest BCUT2D eigenvalue weighted by Gasteiger charge is -2.22. The summed E-state index contributed by atoms with van der Waals surface area (Å²) in [6.07, 6.45) is 2.15. The van der Waals surface area contributed by atoms with Gasteiger partial charge in [-0.3, -0.25) is 9.59 Å². The highest BCUT2D eigenvalue weighted by atomic mass is 16.4. The van der Waals surface area contributed by atoms with E-state index >= 15 is 0 Å². The number of carbonyl (C=O) groups is 2. The van der Waals surface area contributed by atoms with E-state index in [4.69, 9.17) is 0 Å². The molecule has 1 rings (SSSR count). The van der Waals surface area contributed by atoms with E-state index in [0.717, 1.165) is 0 Å². The van der Waals surface area contributed by atoms with Gasteiger partial charge in [0.1, 0.15) is 5.78 Å². The van der Waals surface area contributed by atoms with Gasteiger partial charge in [0.05, 0.1) is 11.4 Å². The van der Waals surface area contributed by atoms with Crippen LogP contribution in [-0.2, 0) is 9.59 Å². The quantitative estimate of drug-likeness (QED) is 0.570. The fraction of sp³-hybridized carbons (Fsp3) is 0.833. The van der Waals surface area contributed by atoms with Gasteiger partial charge in [0.25, 0.3) is 0 Å². The van der Waals surface area contributed by atoms with Crippen molar-refractivity contribution < 1.29 is 19.6 Å². The van der Waals surface area contributed by atoms with E-state index in [1.165, 1.54) is 6.92 Å². The molecule has 102 valence electrons. The van der Waals surface area contributed by atoms with Gasteiger partial charge < -0.3 is 15.4 Å². The third kappa shape index (κ3) is 4.10. The Morgan fingerprint density at radius 1 is 1.33 bits per heavy atom. The van der Waals surface area contributed by atoms with Crippen molar-refractivity contribution in [2.75, 3.05) is 0 Å². The molecule has 0 radical (unpaired) electrons. The summed E-state index contributed by atoms with van der Waals surface area (Å²) in [5.74, 6) is -0.647. The van der Waals surface area contributed by atoms with Crippen LogP contribution in [-0.4, -0.2) is 34.8 Å². The van der Waals surface area contributed by atoms with Gasteiger partial charge in [-0.25, -0.2) is 0 Å². The molecule has 0 heterocycles. The molecule has 0 aromatic heterocycles. The topological polar surface area (TPSA) is 86.6 Å². The summed E-state index contributed by atoms with van der Waals surface area (Å²) in [5, 5.41) is 21.2. The van der Waals surface area contributed by atoms with Crippen molar-refractivity contribution in [3.63, 3.8) is 0 Å². The average molecular weight is 255 g/mol. The number of hydrogen-bond acceptors (Lipinski definition) is 4. The van der Waals surface area contributed by atoms with Crippen molar-refractivity contribution in [3.05, 3.63) is 0 Å². The molecule has 1 atom stereocenters. The van der Waals surface area contributed by atoms with Gasteiger partial charge in [-0.1, -0.05) is 13.8 Å². The Kier molecular flexibility index (Phi) is 4.93. The number of Topliss-reactive ketones (excluding diaryl/α,β-unsaturated/α-hetero) is 1. The lowest BCUT2D eigenvalue weighted by molar-refractivity contribution is -0.130. The molecule has 1 aliphatic rings. The van der Waals surface area contributed by atoms with Crippen LogP contribution in [0.4, 0.5) is 0 Å². The van der Waals surface area contributed by atoms with E-state index in [1.807, 2.05) is 13.8 Å². The van der Waals surface area contributed by atoms with Crippen LogP contribution in [0.2, 0.25) is 0 Å². The Balaban J connectivity index is 2.59. The predicted octanol–water partition coefficient (Wildman–Crippen LogP) is 0.289. The molecule has 18 heavy (non-hydrogen) atoms. The van der Waals surface area contributed by atoms with Gasteiger partial charge in [-0.2, -0.15) is 0 Å². The molecule has 0 aromatic rings. The highest BCUT2D eigenvalue weighted by Crippen LogP contribution is 2.49. The molecule has 0 bridgehead atoms. The Hall–Kier alpha value is -0.875. The SMILES string of the molecule is CC(=O)CC1(C(=O)N[C@@H](CC(C)C)B(O)O)CC1. The van der Waals surface area contributed by atoms with Crippen LogP contribution in [0.1, 0.15) is 46.5 Å². The first-order valence-electron chi connectivity index (χ1n) is 6.43. The zero-order valence-corrected chi connectivity index (χ0v) is 11.3. The second-order valence-corrected chi connectivity index (χ2v) is 5.78. The van der Waals surface area contributed by atoms with Crippen LogP contribution in [0.25, 0.3) is 0 Å². The molecule has 1 saturated carbocycles. The first-order chi connectivity index (χ1) is 8.27. The summed E-state index contributed by atoms with van der Waals surface area (Å²) < 4.78 is 0. The van der Waals surface area contributed by atoms with Crippen molar-refractivity contribution in [1.29, 1.82) is 0 Å². The van der Waals surface area contributed by atoms with Crippen molar-refractivity contribution in [2.24, 2.45) is 11.3 Å². The van der Waals surface area contributed by atoms with Crippen molar-refractivity contribution in [3.8, 4) is 0 Å². The summed E-state index contributed by atoms with van der Waals surface area (Å²) in [6.45, 7) is 5.37. The summed E-state index contributed by atoms with van der Waals surface area (Å²) in [4.78, 5) is 23.2. The van der Waals surface area contributed by atoms with Crippen molar-refractivity contribution >= 4 is 18.8 Å². The molecule has 6 heteroatoms. The summed E-state index contributed by atoms with van der Waals surface area (Å²) >= 11 is 0. The van der Waals surface area contributed by atoms with E-state index in [9.17, 15) is 19.6 Å². The van der Waals surface area contributed by atoms with E-state index in [2.05, 4.69) is 5.32 Å². The highest BCUT2D eigenvalue weighted by Gasteiger charge is 2.51. The Morgan fingerprint density at radius 2 is 1.89 bits per heavy atom. The molecule has 1 fully saturated rings. The number of rotatable bonds is 7. The zero-order chi connectivity index (χ0) is 13.9. The molecule has 5 nitrogen and oxygen atoms in total. The normalized spacial score (nSPS) is 18.3. The van der Waals surface area contributed by atoms with Crippen molar-refractivity contribution in [1.82, 2.24) is 5.32 Å². The number of nitrogens with one attached hydrogen (secondary N) is 1. The molecule has 0 unspecified atom stereocenters. The molecular formula is C12H22BNO4. The summed E-state index contributed by atoms with van der Waals surface area (Å²) in [7, 11) is -1.57. The van der Waals surface area contributed by atoms with Crippen molar-refractivity contribution in [2.45, 2.75) is 52.4 Å². The fourth-order valence-electron chi connectivity index (χ4n) is 2.20. The molecule has 1 aliphatic carbocycles. The Bertz CT molecular complexity index is 326. The number of carbonyl (C=O) groups excluding carboxylic acids is 2. The maximum Gasteiger partial charge on any atom is 0.475 e. The molecule has 0 aliphatic heterocycles. The predicted molar refractivity (Wildman–Crippen MR) is 68.5 cm³/mol. The van der Waals surface area contributed by atoms with Crippen LogP contribution in [0, 0.1) is 11.3 Å². The van der Waals surface area contributed by atoms with E-state index < -0.39 is 18.5 Å². The fourth-order valence-corrected chi connectivity index (χ4v) is 2.20. The third-order valence-electron chi connectivity index (χ3n) is 3.32. The van der Waals surface area contributed by atoms with E-state index in [0.29, 0.717) is 19.3 Å². The van der Waals surface area contributed by atoms with Gasteiger partial charge in [0.15, 0.2) is 0 Å². The summed E-state index contributed by atoms with van der Waals surface area (Å²) in [5.41, 5.74) is -0.587. The second kappa shape index (κ2) is 5.84. The van der Waals surface area contributed by atoms with Gasteiger partial charge in [0, 0.05) is 6.42 Å². The largest absolute Gasteiger partial charge is 0.475 e. The van der Waals surface area contributed by atoms with E-state index in [-0.39, 0.29) is 24.0 Å². The molecule has 0 saturated heterocycles. The minimum Gasteiger partial charge on any atom is -0.426 e. The minimum atomic E-state index is -1.57. The Labute approximate surface area is 108 Å². The molecular weight excluding hydrogens is 233 g/mol. The molecule has 0 aromatic carbocycles. The standard InChI is InChI=1S/C12H22BNO4/c1-8(2)6-10(13(17)18)14-11(16)12(4-5-12)7-9(3)15/h8,10,17-18H,4-7H2,1-3H3,(H,14,16)/t10-/m0/s1. The smallest absolute Gasteiger partial charge is 0.426 e. The summed E-state index contributed by atoms with van der Waals surface area (Å²) in [6, 6.07) is 0. The lowest BCUT2D eigenvalue weighted by Crippen LogP contribution is -2.49. The first kappa shape index (κ1) is 15.2. The molecule has 0 spiro atoms.